The predicted octanol–water partition coefficient (Wildman–Crippen LogP) is 1.03. The number of nitrogen functional groups attached to an aromatic ring is 1. The van der Waals surface area contributed by atoms with Crippen LogP contribution in [0.3, 0.4) is 0 Å². The number of nitriles is 1. The Kier molecular flexibility index (Phi) is 4.47. The molecule has 6 nitrogen and oxygen atoms in total. The number of anilines is 2. The number of hydrogen-bond donors (Lipinski definition) is 2. The van der Waals surface area contributed by atoms with E-state index in [9.17, 15) is 10.1 Å². The first-order valence-corrected chi connectivity index (χ1v) is 7.22. The monoisotopic (exact) mass is 294 g/mol. The van der Waals surface area contributed by atoms with Gasteiger partial charge < -0.3 is 20.7 Å². The van der Waals surface area contributed by atoms with Gasteiger partial charge in [0.25, 0.3) is 5.91 Å². The number of amides is 1. The highest BCUT2D eigenvalue weighted by molar-refractivity contribution is 7.19. The molecule has 1 amide bonds. The summed E-state index contributed by atoms with van der Waals surface area (Å²) < 4.78 is 5.17. The first kappa shape index (κ1) is 14.6. The molecule has 1 aromatic heterocycles. The molecule has 0 bridgehead atoms. The van der Waals surface area contributed by atoms with E-state index in [1.165, 1.54) is 11.3 Å². The van der Waals surface area contributed by atoms with Gasteiger partial charge in [-0.1, -0.05) is 0 Å². The molecule has 1 aliphatic heterocycles. The van der Waals surface area contributed by atoms with E-state index in [1.807, 2.05) is 0 Å². The summed E-state index contributed by atoms with van der Waals surface area (Å²) in [6.07, 6.45) is 1.02. The number of hydrogen-bond acceptors (Lipinski definition) is 6. The first-order valence-electron chi connectivity index (χ1n) is 6.40. The molecule has 0 spiro atoms. The number of methoxy groups -OCH3 is 1. The number of carbonyl (C=O) groups excluding carboxylic acids is 1. The van der Waals surface area contributed by atoms with Crippen LogP contribution in [-0.2, 0) is 4.74 Å². The molecule has 108 valence electrons. The van der Waals surface area contributed by atoms with Crippen molar-refractivity contribution in [3.8, 4) is 6.07 Å². The third-order valence-electron chi connectivity index (χ3n) is 3.45. The van der Waals surface area contributed by atoms with Crippen LogP contribution >= 0.6 is 11.3 Å². The summed E-state index contributed by atoms with van der Waals surface area (Å²) in [6.45, 7) is 2.40. The number of thiophene rings is 1. The molecule has 0 saturated carbocycles. The van der Waals surface area contributed by atoms with Crippen LogP contribution in [0.4, 0.5) is 10.7 Å². The van der Waals surface area contributed by atoms with Crippen molar-refractivity contribution in [3.63, 3.8) is 0 Å². The predicted molar refractivity (Wildman–Crippen MR) is 79.0 cm³/mol. The number of nitrogens with zero attached hydrogens (tertiary/aromatic N) is 2. The zero-order valence-electron chi connectivity index (χ0n) is 11.6. The smallest absolute Gasteiger partial charge is 0.263 e. The van der Waals surface area contributed by atoms with E-state index in [2.05, 4.69) is 16.3 Å². The van der Waals surface area contributed by atoms with Crippen molar-refractivity contribution in [2.24, 2.45) is 5.92 Å². The lowest BCUT2D eigenvalue weighted by molar-refractivity contribution is 0.0968. The van der Waals surface area contributed by atoms with Crippen LogP contribution in [0.15, 0.2) is 0 Å². The second-order valence-electron chi connectivity index (χ2n) is 4.77. The van der Waals surface area contributed by atoms with Crippen molar-refractivity contribution < 1.29 is 9.53 Å². The lowest BCUT2D eigenvalue weighted by Gasteiger charge is -2.16. The number of nitrogens with two attached hydrogens (primary N) is 1. The van der Waals surface area contributed by atoms with Crippen molar-refractivity contribution in [2.75, 3.05) is 44.5 Å². The van der Waals surface area contributed by atoms with Gasteiger partial charge in [-0.05, 0) is 6.42 Å². The molecular weight excluding hydrogens is 276 g/mol. The molecule has 0 radical (unpaired) electrons. The van der Waals surface area contributed by atoms with Crippen molar-refractivity contribution in [3.05, 3.63) is 10.4 Å². The van der Waals surface area contributed by atoms with E-state index in [0.29, 0.717) is 23.0 Å². The van der Waals surface area contributed by atoms with E-state index < -0.39 is 0 Å². The molecule has 2 heterocycles. The molecule has 1 fully saturated rings. The van der Waals surface area contributed by atoms with E-state index in [4.69, 9.17) is 10.5 Å². The third kappa shape index (κ3) is 2.57. The van der Waals surface area contributed by atoms with Gasteiger partial charge in [0.05, 0.1) is 12.3 Å². The fraction of sp³-hybridized carbons (Fsp3) is 0.538. The van der Waals surface area contributed by atoms with Gasteiger partial charge in [0.15, 0.2) is 0 Å². The Morgan fingerprint density at radius 1 is 1.70 bits per heavy atom. The summed E-state index contributed by atoms with van der Waals surface area (Å²) in [5.41, 5.74) is 6.62. The number of ether oxygens (including phenoxy) is 1. The minimum absolute atomic E-state index is 0.247. The van der Waals surface area contributed by atoms with Gasteiger partial charge in [0, 0.05) is 33.2 Å². The Morgan fingerprint density at radius 2 is 2.45 bits per heavy atom. The van der Waals surface area contributed by atoms with Gasteiger partial charge >= 0.3 is 0 Å². The van der Waals surface area contributed by atoms with Gasteiger partial charge in [-0.3, -0.25) is 4.79 Å². The Morgan fingerprint density at radius 3 is 3.05 bits per heavy atom. The summed E-state index contributed by atoms with van der Waals surface area (Å²) in [7, 11) is 3.24. The Bertz CT molecular complexity index is 549. The number of carbonyl (C=O) groups is 1. The standard InChI is InChI=1S/C13H18N4O2S/c1-16-12(18)11-10(15)9(5-14)13(20-11)17-4-3-8(6-17)7-19-2/h8H,3-4,6-7,15H2,1-2H3,(H,16,18). The minimum Gasteiger partial charge on any atom is -0.396 e. The molecule has 1 saturated heterocycles. The molecule has 1 atom stereocenters. The highest BCUT2D eigenvalue weighted by atomic mass is 32.1. The number of nitrogens with one attached hydrogen (secondary N) is 1. The van der Waals surface area contributed by atoms with E-state index in [0.717, 1.165) is 24.5 Å². The van der Waals surface area contributed by atoms with Gasteiger partial charge in [-0.2, -0.15) is 5.26 Å². The lowest BCUT2D eigenvalue weighted by atomic mass is 10.1. The maximum Gasteiger partial charge on any atom is 0.263 e. The van der Waals surface area contributed by atoms with Crippen molar-refractivity contribution in [1.29, 1.82) is 5.26 Å². The van der Waals surface area contributed by atoms with Crippen LogP contribution in [-0.4, -0.2) is 39.8 Å². The molecule has 3 N–H and O–H groups in total. The molecule has 1 aliphatic rings. The van der Waals surface area contributed by atoms with E-state index in [1.54, 1.807) is 14.2 Å². The van der Waals surface area contributed by atoms with Gasteiger partial charge in [-0.15, -0.1) is 11.3 Å². The fourth-order valence-corrected chi connectivity index (χ4v) is 3.59. The summed E-state index contributed by atoms with van der Waals surface area (Å²) in [5, 5.41) is 12.6. The van der Waals surface area contributed by atoms with Gasteiger partial charge in [0.2, 0.25) is 0 Å². The van der Waals surface area contributed by atoms with Crippen molar-refractivity contribution in [2.45, 2.75) is 6.42 Å². The summed E-state index contributed by atoms with van der Waals surface area (Å²) in [4.78, 5) is 14.3. The molecule has 2 rings (SSSR count). The SMILES string of the molecule is CNC(=O)c1sc(N2CCC(COC)C2)c(C#N)c1N. The topological polar surface area (TPSA) is 91.4 Å². The Balaban J connectivity index is 2.29. The Labute approximate surface area is 122 Å². The normalized spacial score (nSPS) is 18.1. The van der Waals surface area contributed by atoms with E-state index >= 15 is 0 Å². The van der Waals surface area contributed by atoms with Gasteiger partial charge in [0.1, 0.15) is 21.5 Å². The van der Waals surface area contributed by atoms with Crippen LogP contribution in [0.2, 0.25) is 0 Å². The average molecular weight is 294 g/mol. The third-order valence-corrected chi connectivity index (χ3v) is 4.71. The fourth-order valence-electron chi connectivity index (χ4n) is 2.43. The molecule has 7 heteroatoms. The van der Waals surface area contributed by atoms with Crippen LogP contribution in [0.5, 0.6) is 0 Å². The minimum atomic E-state index is -0.247. The quantitative estimate of drug-likeness (QED) is 0.865. The van der Waals surface area contributed by atoms with Crippen LogP contribution in [0.1, 0.15) is 21.7 Å². The second kappa shape index (κ2) is 6.11. The highest BCUT2D eigenvalue weighted by Crippen LogP contribution is 2.39. The molecule has 0 aliphatic carbocycles. The summed E-state index contributed by atoms with van der Waals surface area (Å²) in [5.74, 6) is 0.209. The van der Waals surface area contributed by atoms with Gasteiger partial charge in [-0.25, -0.2) is 0 Å². The summed E-state index contributed by atoms with van der Waals surface area (Å²) in [6, 6.07) is 2.12. The highest BCUT2D eigenvalue weighted by Gasteiger charge is 2.29. The number of rotatable bonds is 4. The molecule has 1 unspecified atom stereocenters. The second-order valence-corrected chi connectivity index (χ2v) is 5.77. The molecule has 1 aromatic rings. The van der Waals surface area contributed by atoms with E-state index in [-0.39, 0.29) is 11.6 Å². The zero-order valence-corrected chi connectivity index (χ0v) is 12.4. The maximum absolute atomic E-state index is 11.8. The molecule has 20 heavy (non-hydrogen) atoms. The maximum atomic E-state index is 11.8. The zero-order chi connectivity index (χ0) is 14.7. The first-order chi connectivity index (χ1) is 9.62. The summed E-state index contributed by atoms with van der Waals surface area (Å²) >= 11 is 1.29. The van der Waals surface area contributed by atoms with Crippen molar-refractivity contribution >= 4 is 27.9 Å². The van der Waals surface area contributed by atoms with Crippen molar-refractivity contribution in [1.82, 2.24) is 5.32 Å². The largest absolute Gasteiger partial charge is 0.396 e. The average Bonchev–Trinajstić information content (AvgIpc) is 3.02. The molecular formula is C13H18N4O2S. The van der Waals surface area contributed by atoms with Crippen LogP contribution in [0.25, 0.3) is 0 Å². The van der Waals surface area contributed by atoms with Crippen LogP contribution < -0.4 is 16.0 Å². The molecule has 0 aromatic carbocycles. The Hall–Kier alpha value is -1.78. The van der Waals surface area contributed by atoms with Crippen LogP contribution in [0, 0.1) is 17.2 Å². The lowest BCUT2D eigenvalue weighted by Crippen LogP contribution is -2.20.